The van der Waals surface area contributed by atoms with Crippen LogP contribution in [-0.2, 0) is 14.3 Å². The van der Waals surface area contributed by atoms with Crippen LogP contribution in [0.5, 0.6) is 5.75 Å². The first kappa shape index (κ1) is 16.7. The van der Waals surface area contributed by atoms with Crippen molar-refractivity contribution in [1.82, 2.24) is 0 Å². The Bertz CT molecular complexity index is 517. The summed E-state index contributed by atoms with van der Waals surface area (Å²) in [5.41, 5.74) is 0.509. The van der Waals surface area contributed by atoms with E-state index in [1.807, 2.05) is 0 Å². The SMILES string of the molecule is CC(=O)c1ccc(OC(=O)O[C@H](C)OC(=O)C(C)C)cc1. The predicted molar refractivity (Wildman–Crippen MR) is 73.9 cm³/mol. The fourth-order valence-electron chi connectivity index (χ4n) is 1.34. The fraction of sp³-hybridized carbons (Fsp3) is 0.400. The van der Waals surface area contributed by atoms with Gasteiger partial charge in [-0.25, -0.2) is 4.79 Å². The highest BCUT2D eigenvalue weighted by Crippen LogP contribution is 2.14. The summed E-state index contributed by atoms with van der Waals surface area (Å²) < 4.78 is 14.5. The lowest BCUT2D eigenvalue weighted by molar-refractivity contribution is -0.170. The van der Waals surface area contributed by atoms with Crippen molar-refractivity contribution in [1.29, 1.82) is 0 Å². The maximum Gasteiger partial charge on any atom is 0.516 e. The van der Waals surface area contributed by atoms with Gasteiger partial charge in [0.25, 0.3) is 0 Å². The predicted octanol–water partition coefficient (Wildman–Crippen LogP) is 2.95. The Morgan fingerprint density at radius 2 is 1.52 bits per heavy atom. The van der Waals surface area contributed by atoms with Gasteiger partial charge >= 0.3 is 12.1 Å². The van der Waals surface area contributed by atoms with E-state index in [-0.39, 0.29) is 17.5 Å². The van der Waals surface area contributed by atoms with Crippen molar-refractivity contribution in [2.75, 3.05) is 0 Å². The first-order valence-electron chi connectivity index (χ1n) is 6.49. The van der Waals surface area contributed by atoms with Crippen LogP contribution >= 0.6 is 0 Å². The molecule has 114 valence electrons. The summed E-state index contributed by atoms with van der Waals surface area (Å²) in [6, 6.07) is 6.02. The number of carbonyl (C=O) groups is 3. The molecule has 0 aromatic heterocycles. The molecule has 0 aliphatic rings. The Morgan fingerprint density at radius 1 is 0.952 bits per heavy atom. The zero-order valence-electron chi connectivity index (χ0n) is 12.4. The van der Waals surface area contributed by atoms with Crippen molar-refractivity contribution in [3.05, 3.63) is 29.8 Å². The molecule has 0 fully saturated rings. The molecule has 0 amide bonds. The number of benzene rings is 1. The van der Waals surface area contributed by atoms with Gasteiger partial charge < -0.3 is 14.2 Å². The molecule has 0 unspecified atom stereocenters. The molecular weight excluding hydrogens is 276 g/mol. The summed E-state index contributed by atoms with van der Waals surface area (Å²) in [5, 5.41) is 0. The zero-order valence-corrected chi connectivity index (χ0v) is 12.4. The summed E-state index contributed by atoms with van der Waals surface area (Å²) in [6.07, 6.45) is -2.03. The second-order valence-corrected chi connectivity index (χ2v) is 4.71. The summed E-state index contributed by atoms with van der Waals surface area (Å²) in [5.74, 6) is -0.641. The maximum absolute atomic E-state index is 11.5. The minimum atomic E-state index is -1.04. The van der Waals surface area contributed by atoms with Gasteiger partial charge in [-0.05, 0) is 31.2 Å². The smallest absolute Gasteiger partial charge is 0.425 e. The van der Waals surface area contributed by atoms with Gasteiger partial charge in [0.2, 0.25) is 6.29 Å². The third-order valence-electron chi connectivity index (χ3n) is 2.48. The molecule has 0 saturated carbocycles. The molecule has 6 nitrogen and oxygen atoms in total. The van der Waals surface area contributed by atoms with Crippen molar-refractivity contribution in [3.8, 4) is 5.75 Å². The van der Waals surface area contributed by atoms with Crippen LogP contribution < -0.4 is 4.74 Å². The summed E-state index contributed by atoms with van der Waals surface area (Å²) >= 11 is 0. The number of carbonyl (C=O) groups excluding carboxylic acids is 3. The fourth-order valence-corrected chi connectivity index (χ4v) is 1.34. The van der Waals surface area contributed by atoms with E-state index in [1.165, 1.54) is 38.1 Å². The average molecular weight is 294 g/mol. The highest BCUT2D eigenvalue weighted by Gasteiger charge is 2.17. The molecule has 0 radical (unpaired) electrons. The molecule has 1 aromatic rings. The average Bonchev–Trinajstić information content (AvgIpc) is 2.38. The zero-order chi connectivity index (χ0) is 16.0. The lowest BCUT2D eigenvalue weighted by atomic mass is 10.1. The molecule has 0 aliphatic heterocycles. The maximum atomic E-state index is 11.5. The standard InChI is InChI=1S/C15H18O6/c1-9(2)14(17)19-11(4)20-15(18)21-13-7-5-12(6-8-13)10(3)16/h5-9,11H,1-4H3/t11-/m1/s1. The number of Topliss-reactive ketones (excluding diaryl/α,β-unsaturated/α-hetero) is 1. The van der Waals surface area contributed by atoms with Gasteiger partial charge in [0.15, 0.2) is 5.78 Å². The van der Waals surface area contributed by atoms with E-state index in [0.29, 0.717) is 5.56 Å². The Hall–Kier alpha value is -2.37. The Morgan fingerprint density at radius 3 is 2.00 bits per heavy atom. The van der Waals surface area contributed by atoms with Crippen LogP contribution in [0.15, 0.2) is 24.3 Å². The van der Waals surface area contributed by atoms with E-state index in [0.717, 1.165) is 0 Å². The minimum absolute atomic E-state index is 0.0849. The van der Waals surface area contributed by atoms with Gasteiger partial charge in [0.1, 0.15) is 5.75 Å². The molecule has 0 spiro atoms. The van der Waals surface area contributed by atoms with E-state index in [2.05, 4.69) is 0 Å². The molecule has 21 heavy (non-hydrogen) atoms. The number of hydrogen-bond acceptors (Lipinski definition) is 6. The summed E-state index contributed by atoms with van der Waals surface area (Å²) in [4.78, 5) is 33.9. The van der Waals surface area contributed by atoms with Gasteiger partial charge in [-0.2, -0.15) is 0 Å². The Labute approximate surface area is 123 Å². The van der Waals surface area contributed by atoms with Gasteiger partial charge in [0, 0.05) is 12.5 Å². The first-order valence-corrected chi connectivity index (χ1v) is 6.49. The van der Waals surface area contributed by atoms with Gasteiger partial charge in [-0.3, -0.25) is 9.59 Å². The van der Waals surface area contributed by atoms with Crippen LogP contribution in [0, 0.1) is 5.92 Å². The second-order valence-electron chi connectivity index (χ2n) is 4.71. The first-order chi connectivity index (χ1) is 9.79. The Balaban J connectivity index is 2.49. The quantitative estimate of drug-likeness (QED) is 0.359. The highest BCUT2D eigenvalue weighted by atomic mass is 16.8. The molecule has 1 aromatic carbocycles. The van der Waals surface area contributed by atoms with Gasteiger partial charge in [-0.1, -0.05) is 13.8 Å². The van der Waals surface area contributed by atoms with Crippen LogP contribution in [0.2, 0.25) is 0 Å². The molecule has 0 aliphatic carbocycles. The molecule has 0 bridgehead atoms. The molecule has 0 N–H and O–H groups in total. The molecule has 0 saturated heterocycles. The monoisotopic (exact) mass is 294 g/mol. The largest absolute Gasteiger partial charge is 0.516 e. The van der Waals surface area contributed by atoms with Crippen LogP contribution in [0.3, 0.4) is 0 Å². The van der Waals surface area contributed by atoms with Crippen molar-refractivity contribution in [2.45, 2.75) is 34.0 Å². The molecule has 1 rings (SSSR count). The number of ketones is 1. The topological polar surface area (TPSA) is 78.9 Å². The Kier molecular flexibility index (Phi) is 5.90. The summed E-state index contributed by atoms with van der Waals surface area (Å²) in [7, 11) is 0. The van der Waals surface area contributed by atoms with E-state index < -0.39 is 18.4 Å². The van der Waals surface area contributed by atoms with Crippen LogP contribution in [0.25, 0.3) is 0 Å². The molecule has 1 atom stereocenters. The van der Waals surface area contributed by atoms with Crippen molar-refractivity contribution in [2.24, 2.45) is 5.92 Å². The van der Waals surface area contributed by atoms with Gasteiger partial charge in [0.05, 0.1) is 5.92 Å². The van der Waals surface area contributed by atoms with E-state index in [4.69, 9.17) is 14.2 Å². The number of hydrogen-bond donors (Lipinski definition) is 0. The van der Waals surface area contributed by atoms with E-state index in [1.54, 1.807) is 13.8 Å². The second kappa shape index (κ2) is 7.42. The third-order valence-corrected chi connectivity index (χ3v) is 2.48. The van der Waals surface area contributed by atoms with E-state index in [9.17, 15) is 14.4 Å². The normalized spacial score (nSPS) is 11.7. The number of esters is 1. The number of rotatable bonds is 5. The van der Waals surface area contributed by atoms with Gasteiger partial charge in [-0.15, -0.1) is 0 Å². The van der Waals surface area contributed by atoms with Crippen LogP contribution in [0.1, 0.15) is 38.1 Å². The summed E-state index contributed by atoms with van der Waals surface area (Å²) in [6.45, 7) is 6.20. The van der Waals surface area contributed by atoms with E-state index >= 15 is 0 Å². The van der Waals surface area contributed by atoms with Crippen molar-refractivity contribution in [3.63, 3.8) is 0 Å². The van der Waals surface area contributed by atoms with Crippen molar-refractivity contribution < 1.29 is 28.6 Å². The van der Waals surface area contributed by atoms with Crippen molar-refractivity contribution >= 4 is 17.9 Å². The third kappa shape index (κ3) is 5.64. The van der Waals surface area contributed by atoms with Crippen LogP contribution in [-0.4, -0.2) is 24.2 Å². The molecule has 0 heterocycles. The molecule has 6 heteroatoms. The van der Waals surface area contributed by atoms with Crippen LogP contribution in [0.4, 0.5) is 4.79 Å². The lowest BCUT2D eigenvalue weighted by Gasteiger charge is -2.15. The lowest BCUT2D eigenvalue weighted by Crippen LogP contribution is -2.25. The molecular formula is C15H18O6. The highest BCUT2D eigenvalue weighted by molar-refractivity contribution is 5.94. The number of ether oxygens (including phenoxy) is 3. The minimum Gasteiger partial charge on any atom is -0.425 e.